The van der Waals surface area contributed by atoms with Crippen molar-refractivity contribution in [2.45, 2.75) is 52.9 Å². The van der Waals surface area contributed by atoms with Crippen molar-refractivity contribution in [3.05, 3.63) is 15.6 Å². The number of carbonyl (C=O) groups excluding carboxylic acids is 1. The van der Waals surface area contributed by atoms with Gasteiger partial charge in [0.15, 0.2) is 0 Å². The minimum absolute atomic E-state index is 0.0978. The zero-order valence-electron chi connectivity index (χ0n) is 13.6. The smallest absolute Gasteiger partial charge is 0.317 e. The molecule has 4 nitrogen and oxygen atoms in total. The van der Waals surface area contributed by atoms with Crippen LogP contribution >= 0.6 is 11.3 Å². The van der Waals surface area contributed by atoms with Gasteiger partial charge in [-0.1, -0.05) is 13.8 Å². The molecule has 118 valence electrons. The van der Waals surface area contributed by atoms with E-state index in [-0.39, 0.29) is 6.03 Å². The SMILES string of the molecule is Cc1nc(C2CCN(C(=O)NCCC(C)C)CC2)sc1C. The Morgan fingerprint density at radius 2 is 2.05 bits per heavy atom. The molecule has 1 aliphatic heterocycles. The Bertz CT molecular complexity index is 456. The second-order valence-electron chi connectivity index (χ2n) is 6.37. The maximum Gasteiger partial charge on any atom is 0.317 e. The van der Waals surface area contributed by atoms with E-state index in [0.717, 1.165) is 44.6 Å². The monoisotopic (exact) mass is 309 g/mol. The second-order valence-corrected chi connectivity index (χ2v) is 7.60. The summed E-state index contributed by atoms with van der Waals surface area (Å²) in [6, 6.07) is 0.0978. The molecule has 0 aromatic carbocycles. The maximum absolute atomic E-state index is 12.1. The first-order valence-corrected chi connectivity index (χ1v) is 8.75. The van der Waals surface area contributed by atoms with Gasteiger partial charge in [0.05, 0.1) is 10.7 Å². The summed E-state index contributed by atoms with van der Waals surface area (Å²) in [5.74, 6) is 1.16. The lowest BCUT2D eigenvalue weighted by atomic mass is 9.98. The van der Waals surface area contributed by atoms with Gasteiger partial charge in [0.25, 0.3) is 0 Å². The summed E-state index contributed by atoms with van der Waals surface area (Å²) in [7, 11) is 0. The number of hydrogen-bond acceptors (Lipinski definition) is 3. The molecule has 2 heterocycles. The van der Waals surface area contributed by atoms with Crippen molar-refractivity contribution in [1.29, 1.82) is 0 Å². The van der Waals surface area contributed by atoms with E-state index in [4.69, 9.17) is 0 Å². The van der Waals surface area contributed by atoms with Crippen LogP contribution < -0.4 is 5.32 Å². The second kappa shape index (κ2) is 7.25. The molecule has 0 saturated carbocycles. The molecule has 1 fully saturated rings. The third-order valence-electron chi connectivity index (χ3n) is 4.17. The van der Waals surface area contributed by atoms with Crippen LogP contribution in [0.2, 0.25) is 0 Å². The van der Waals surface area contributed by atoms with E-state index in [9.17, 15) is 4.79 Å². The summed E-state index contributed by atoms with van der Waals surface area (Å²) in [6.07, 6.45) is 3.11. The fourth-order valence-electron chi connectivity index (χ4n) is 2.58. The highest BCUT2D eigenvalue weighted by atomic mass is 32.1. The molecule has 1 N–H and O–H groups in total. The normalized spacial score (nSPS) is 16.5. The predicted octanol–water partition coefficient (Wildman–Crippen LogP) is 3.70. The topological polar surface area (TPSA) is 45.2 Å². The van der Waals surface area contributed by atoms with E-state index in [1.165, 1.54) is 9.88 Å². The number of thiazole rings is 1. The van der Waals surface area contributed by atoms with Gasteiger partial charge in [-0.2, -0.15) is 0 Å². The number of piperidine rings is 1. The van der Waals surface area contributed by atoms with Gasteiger partial charge in [0, 0.05) is 30.4 Å². The Morgan fingerprint density at radius 3 is 2.57 bits per heavy atom. The summed E-state index contributed by atoms with van der Waals surface area (Å²) >= 11 is 1.82. The Kier molecular flexibility index (Phi) is 5.62. The lowest BCUT2D eigenvalue weighted by Crippen LogP contribution is -2.44. The van der Waals surface area contributed by atoms with E-state index in [0.29, 0.717) is 11.8 Å². The van der Waals surface area contributed by atoms with Crippen molar-refractivity contribution in [1.82, 2.24) is 15.2 Å². The van der Waals surface area contributed by atoms with Crippen molar-refractivity contribution in [3.8, 4) is 0 Å². The minimum atomic E-state index is 0.0978. The fourth-order valence-corrected chi connectivity index (χ4v) is 3.67. The van der Waals surface area contributed by atoms with Crippen LogP contribution in [0.15, 0.2) is 0 Å². The molecule has 0 aliphatic carbocycles. The first kappa shape index (κ1) is 16.3. The molecule has 0 spiro atoms. The Hall–Kier alpha value is -1.10. The van der Waals surface area contributed by atoms with E-state index < -0.39 is 0 Å². The quantitative estimate of drug-likeness (QED) is 0.922. The first-order valence-electron chi connectivity index (χ1n) is 7.94. The van der Waals surface area contributed by atoms with Crippen molar-refractivity contribution < 1.29 is 4.79 Å². The summed E-state index contributed by atoms with van der Waals surface area (Å²) in [6.45, 7) is 11.0. The molecule has 0 unspecified atom stereocenters. The molecular formula is C16H27N3OS. The minimum Gasteiger partial charge on any atom is -0.338 e. The number of aromatic nitrogens is 1. The highest BCUT2D eigenvalue weighted by molar-refractivity contribution is 7.11. The van der Waals surface area contributed by atoms with E-state index in [2.05, 4.69) is 38.0 Å². The van der Waals surface area contributed by atoms with Crippen LogP contribution in [0.5, 0.6) is 0 Å². The zero-order chi connectivity index (χ0) is 15.4. The molecule has 0 bridgehead atoms. The number of carbonyl (C=O) groups is 1. The third-order valence-corrected chi connectivity index (χ3v) is 5.41. The number of nitrogens with zero attached hydrogens (tertiary/aromatic N) is 2. The van der Waals surface area contributed by atoms with Crippen LogP contribution in [-0.4, -0.2) is 35.5 Å². The largest absolute Gasteiger partial charge is 0.338 e. The van der Waals surface area contributed by atoms with Crippen LogP contribution in [0, 0.1) is 19.8 Å². The van der Waals surface area contributed by atoms with E-state index in [1.807, 2.05) is 16.2 Å². The van der Waals surface area contributed by atoms with Crippen LogP contribution in [0.1, 0.15) is 54.6 Å². The number of nitrogens with one attached hydrogen (secondary N) is 1. The lowest BCUT2D eigenvalue weighted by Gasteiger charge is -2.31. The summed E-state index contributed by atoms with van der Waals surface area (Å²) in [5, 5.41) is 4.28. The standard InChI is InChI=1S/C16H27N3OS/c1-11(2)5-8-17-16(20)19-9-6-14(7-10-19)15-18-12(3)13(4)21-15/h11,14H,5-10H2,1-4H3,(H,17,20). The molecule has 1 aromatic heterocycles. The fraction of sp³-hybridized carbons (Fsp3) is 0.750. The van der Waals surface area contributed by atoms with E-state index in [1.54, 1.807) is 0 Å². The number of amides is 2. The summed E-state index contributed by atoms with van der Waals surface area (Å²) in [4.78, 5) is 20.0. The number of aryl methyl sites for hydroxylation is 2. The van der Waals surface area contributed by atoms with Gasteiger partial charge in [0.1, 0.15) is 0 Å². The average Bonchev–Trinajstić information content (AvgIpc) is 2.78. The van der Waals surface area contributed by atoms with Gasteiger partial charge >= 0.3 is 6.03 Å². The Balaban J connectivity index is 1.78. The summed E-state index contributed by atoms with van der Waals surface area (Å²) in [5.41, 5.74) is 1.16. The average molecular weight is 309 g/mol. The van der Waals surface area contributed by atoms with Gasteiger partial charge in [-0.25, -0.2) is 9.78 Å². The molecule has 1 saturated heterocycles. The van der Waals surface area contributed by atoms with Gasteiger partial charge in [-0.05, 0) is 39.0 Å². The van der Waals surface area contributed by atoms with Crippen LogP contribution in [-0.2, 0) is 0 Å². The number of likely N-dealkylation sites (tertiary alicyclic amines) is 1. The molecule has 5 heteroatoms. The van der Waals surface area contributed by atoms with Gasteiger partial charge < -0.3 is 10.2 Å². The molecule has 0 radical (unpaired) electrons. The summed E-state index contributed by atoms with van der Waals surface area (Å²) < 4.78 is 0. The van der Waals surface area contributed by atoms with Crippen molar-refractivity contribution in [3.63, 3.8) is 0 Å². The number of rotatable bonds is 4. The molecule has 1 aliphatic rings. The van der Waals surface area contributed by atoms with Gasteiger partial charge in [-0.15, -0.1) is 11.3 Å². The molecule has 21 heavy (non-hydrogen) atoms. The van der Waals surface area contributed by atoms with Crippen LogP contribution in [0.25, 0.3) is 0 Å². The molecule has 1 aromatic rings. The lowest BCUT2D eigenvalue weighted by molar-refractivity contribution is 0.181. The Morgan fingerprint density at radius 1 is 1.38 bits per heavy atom. The maximum atomic E-state index is 12.1. The van der Waals surface area contributed by atoms with Crippen LogP contribution in [0.4, 0.5) is 4.79 Å². The molecular weight excluding hydrogens is 282 g/mol. The predicted molar refractivity (Wildman–Crippen MR) is 88.0 cm³/mol. The molecule has 2 amide bonds. The third kappa shape index (κ3) is 4.43. The highest BCUT2D eigenvalue weighted by Crippen LogP contribution is 2.32. The Labute approximate surface area is 132 Å². The number of hydrogen-bond donors (Lipinski definition) is 1. The van der Waals surface area contributed by atoms with Crippen molar-refractivity contribution in [2.75, 3.05) is 19.6 Å². The molecule has 0 atom stereocenters. The van der Waals surface area contributed by atoms with Crippen LogP contribution in [0.3, 0.4) is 0 Å². The number of urea groups is 1. The van der Waals surface area contributed by atoms with E-state index >= 15 is 0 Å². The van der Waals surface area contributed by atoms with Gasteiger partial charge in [0.2, 0.25) is 0 Å². The van der Waals surface area contributed by atoms with Crippen molar-refractivity contribution in [2.24, 2.45) is 5.92 Å². The molecule has 2 rings (SSSR count). The van der Waals surface area contributed by atoms with Crippen molar-refractivity contribution >= 4 is 17.4 Å². The first-order chi connectivity index (χ1) is 9.97. The highest BCUT2D eigenvalue weighted by Gasteiger charge is 2.25. The zero-order valence-corrected chi connectivity index (χ0v) is 14.4. The van der Waals surface area contributed by atoms with Gasteiger partial charge in [-0.3, -0.25) is 0 Å².